The van der Waals surface area contributed by atoms with Gasteiger partial charge in [0.1, 0.15) is 17.2 Å². The van der Waals surface area contributed by atoms with Gasteiger partial charge >= 0.3 is 11.9 Å². The first-order chi connectivity index (χ1) is 14.7. The van der Waals surface area contributed by atoms with Crippen molar-refractivity contribution < 1.29 is 29.0 Å². The lowest BCUT2D eigenvalue weighted by Crippen LogP contribution is -2.27. The van der Waals surface area contributed by atoms with Gasteiger partial charge in [-0.05, 0) is 56.2 Å². The first-order valence-electron chi connectivity index (χ1n) is 9.72. The molecule has 2 N–H and O–H groups in total. The molecule has 0 aromatic heterocycles. The van der Waals surface area contributed by atoms with E-state index in [-0.39, 0.29) is 28.8 Å². The van der Waals surface area contributed by atoms with Crippen molar-refractivity contribution in [2.75, 3.05) is 25.5 Å². The van der Waals surface area contributed by atoms with Crippen LogP contribution >= 0.6 is 11.6 Å². The van der Waals surface area contributed by atoms with E-state index in [1.54, 1.807) is 27.0 Å². The molecule has 9 heteroatoms. The Labute approximate surface area is 185 Å². The Hall–Kier alpha value is -3.26. The van der Waals surface area contributed by atoms with Crippen LogP contribution < -0.4 is 10.1 Å². The quantitative estimate of drug-likeness (QED) is 0.487. The number of phenolic OH excluding ortho intramolecular Hbond substituents is 1. The van der Waals surface area contributed by atoms with Crippen molar-refractivity contribution in [2.24, 2.45) is 0 Å². The summed E-state index contributed by atoms with van der Waals surface area (Å²) in [5, 5.41) is 12.7. The molecule has 0 bridgehead atoms. The number of rotatable bonds is 7. The predicted octanol–water partition coefficient (Wildman–Crippen LogP) is 4.13. The average Bonchev–Trinajstić information content (AvgIpc) is 2.71. The molecule has 0 fully saturated rings. The third kappa shape index (κ3) is 6.11. The average molecular weight is 449 g/mol. The number of hydrogen-bond donors (Lipinski definition) is 2. The molecule has 31 heavy (non-hydrogen) atoms. The molecular weight excluding hydrogens is 424 g/mol. The summed E-state index contributed by atoms with van der Waals surface area (Å²) in [5.74, 6) is -1.78. The molecule has 0 saturated heterocycles. The van der Waals surface area contributed by atoms with Crippen molar-refractivity contribution in [3.05, 3.63) is 46.5 Å². The highest BCUT2D eigenvalue weighted by Gasteiger charge is 2.19. The van der Waals surface area contributed by atoms with Crippen LogP contribution in [0, 0.1) is 6.92 Å². The third-order valence-corrected chi connectivity index (χ3v) is 4.55. The topological polar surface area (TPSA) is 105 Å². The van der Waals surface area contributed by atoms with E-state index in [9.17, 15) is 19.5 Å². The molecule has 8 nitrogen and oxygen atoms in total. The Morgan fingerprint density at radius 2 is 1.87 bits per heavy atom. The second-order valence-electron chi connectivity index (χ2n) is 6.79. The van der Waals surface area contributed by atoms with E-state index in [0.29, 0.717) is 29.3 Å². The van der Waals surface area contributed by atoms with E-state index >= 15 is 0 Å². The van der Waals surface area contributed by atoms with E-state index in [0.717, 1.165) is 6.42 Å². The molecule has 0 saturated carbocycles. The van der Waals surface area contributed by atoms with Crippen LogP contribution in [0.3, 0.4) is 0 Å². The van der Waals surface area contributed by atoms with Crippen LogP contribution in [-0.4, -0.2) is 48.0 Å². The van der Waals surface area contributed by atoms with Crippen LogP contribution in [0.1, 0.15) is 36.2 Å². The molecule has 0 aliphatic rings. The lowest BCUT2D eigenvalue weighted by molar-refractivity contribution is -0.152. The van der Waals surface area contributed by atoms with Crippen LogP contribution in [0.25, 0.3) is 0 Å². The molecule has 0 unspecified atom stereocenters. The number of amides is 2. The summed E-state index contributed by atoms with van der Waals surface area (Å²) in [6.45, 7) is 5.90. The fourth-order valence-electron chi connectivity index (χ4n) is 2.82. The molecular formula is C22H25ClN2O6. The summed E-state index contributed by atoms with van der Waals surface area (Å²) in [7, 11) is 1.66. The van der Waals surface area contributed by atoms with Crippen molar-refractivity contribution in [3.8, 4) is 17.2 Å². The second kappa shape index (κ2) is 10.7. The van der Waals surface area contributed by atoms with Gasteiger partial charge in [0.2, 0.25) is 0 Å². The number of anilines is 1. The largest absolute Gasteiger partial charge is 0.507 e. The summed E-state index contributed by atoms with van der Waals surface area (Å²) < 4.78 is 10.5. The Bertz CT molecular complexity index is 969. The number of nitrogens with zero attached hydrogens (tertiary/aromatic N) is 1. The zero-order valence-electron chi connectivity index (χ0n) is 17.8. The fraction of sp³-hybridized carbons (Fsp3) is 0.318. The highest BCUT2D eigenvalue weighted by atomic mass is 35.5. The van der Waals surface area contributed by atoms with Gasteiger partial charge in [-0.2, -0.15) is 0 Å². The number of carbonyl (C=O) groups excluding carboxylic acids is 3. The zero-order valence-corrected chi connectivity index (χ0v) is 18.6. The fourth-order valence-corrected chi connectivity index (χ4v) is 3.13. The summed E-state index contributed by atoms with van der Waals surface area (Å²) in [6, 6.07) is 7.34. The lowest BCUT2D eigenvalue weighted by Gasteiger charge is -2.18. The first-order valence-corrected chi connectivity index (χ1v) is 10.1. The summed E-state index contributed by atoms with van der Waals surface area (Å²) in [6.07, 6.45) is 0.785. The standard InChI is InChI=1S/C22H25ClN2O6/c1-5-9-25(4)21(28)16-12-15(7-8-18(16)26)31-19-13(3)10-14(11-17(19)23)24-20(27)22(29)30-6-2/h7-8,10-12,26H,5-6,9H2,1-4H3,(H,24,27). The van der Waals surface area contributed by atoms with Gasteiger partial charge in [-0.1, -0.05) is 18.5 Å². The minimum Gasteiger partial charge on any atom is -0.507 e. The smallest absolute Gasteiger partial charge is 0.397 e. The molecule has 2 amide bonds. The van der Waals surface area contributed by atoms with Gasteiger partial charge in [0.05, 0.1) is 17.2 Å². The first kappa shape index (κ1) is 24.0. The SMILES string of the molecule is CCCN(C)C(=O)c1cc(Oc2c(C)cc(NC(=O)C(=O)OCC)cc2Cl)ccc1O. The van der Waals surface area contributed by atoms with Gasteiger partial charge in [-0.25, -0.2) is 4.79 Å². The number of phenols is 1. The van der Waals surface area contributed by atoms with Crippen molar-refractivity contribution in [1.29, 1.82) is 0 Å². The number of aromatic hydroxyl groups is 1. The Kier molecular flexibility index (Phi) is 8.27. The van der Waals surface area contributed by atoms with E-state index in [4.69, 9.17) is 16.3 Å². The van der Waals surface area contributed by atoms with Gasteiger partial charge in [0.25, 0.3) is 5.91 Å². The Morgan fingerprint density at radius 3 is 2.48 bits per heavy atom. The van der Waals surface area contributed by atoms with Crippen molar-refractivity contribution in [3.63, 3.8) is 0 Å². The zero-order chi connectivity index (χ0) is 23.1. The van der Waals surface area contributed by atoms with Gasteiger partial charge in [0, 0.05) is 19.3 Å². The van der Waals surface area contributed by atoms with Gasteiger partial charge in [-0.15, -0.1) is 0 Å². The highest BCUT2D eigenvalue weighted by molar-refractivity contribution is 6.37. The third-order valence-electron chi connectivity index (χ3n) is 4.27. The summed E-state index contributed by atoms with van der Waals surface area (Å²) in [4.78, 5) is 37.4. The number of benzene rings is 2. The van der Waals surface area contributed by atoms with Crippen LogP contribution in [0.4, 0.5) is 5.69 Å². The van der Waals surface area contributed by atoms with Crippen LogP contribution in [0.5, 0.6) is 17.2 Å². The van der Waals surface area contributed by atoms with Crippen LogP contribution in [0.15, 0.2) is 30.3 Å². The molecule has 2 aromatic rings. The molecule has 0 atom stereocenters. The van der Waals surface area contributed by atoms with Crippen molar-refractivity contribution in [2.45, 2.75) is 27.2 Å². The molecule has 0 heterocycles. The molecule has 2 aromatic carbocycles. The van der Waals surface area contributed by atoms with E-state index in [1.807, 2.05) is 6.92 Å². The number of halogens is 1. The Balaban J connectivity index is 2.25. The summed E-state index contributed by atoms with van der Waals surface area (Å²) in [5.41, 5.74) is 0.993. The van der Waals surface area contributed by atoms with Crippen molar-refractivity contribution in [1.82, 2.24) is 4.90 Å². The number of carbonyl (C=O) groups is 3. The molecule has 2 rings (SSSR count). The van der Waals surface area contributed by atoms with Gasteiger partial charge in [-0.3, -0.25) is 9.59 Å². The molecule has 0 radical (unpaired) electrons. The minimum absolute atomic E-state index is 0.0875. The van der Waals surface area contributed by atoms with E-state index in [2.05, 4.69) is 10.1 Å². The van der Waals surface area contributed by atoms with E-state index in [1.165, 1.54) is 29.2 Å². The maximum Gasteiger partial charge on any atom is 0.397 e. The number of ether oxygens (including phenoxy) is 2. The number of nitrogens with one attached hydrogen (secondary N) is 1. The number of hydrogen-bond acceptors (Lipinski definition) is 6. The maximum absolute atomic E-state index is 12.5. The number of esters is 1. The van der Waals surface area contributed by atoms with Gasteiger partial charge < -0.3 is 24.8 Å². The lowest BCUT2D eigenvalue weighted by atomic mass is 10.1. The predicted molar refractivity (Wildman–Crippen MR) is 117 cm³/mol. The molecule has 0 spiro atoms. The molecule has 0 aliphatic carbocycles. The van der Waals surface area contributed by atoms with Crippen LogP contribution in [0.2, 0.25) is 5.02 Å². The summed E-state index contributed by atoms with van der Waals surface area (Å²) >= 11 is 6.32. The minimum atomic E-state index is -0.995. The van der Waals surface area contributed by atoms with Gasteiger partial charge in [0.15, 0.2) is 0 Å². The number of aryl methyl sites for hydroxylation is 1. The van der Waals surface area contributed by atoms with Crippen LogP contribution in [-0.2, 0) is 14.3 Å². The second-order valence-corrected chi connectivity index (χ2v) is 7.19. The molecule has 0 aliphatic heterocycles. The maximum atomic E-state index is 12.5. The highest BCUT2D eigenvalue weighted by Crippen LogP contribution is 2.36. The monoisotopic (exact) mass is 448 g/mol. The van der Waals surface area contributed by atoms with E-state index < -0.39 is 11.9 Å². The normalized spacial score (nSPS) is 10.4. The molecule has 166 valence electrons. The Morgan fingerprint density at radius 1 is 1.16 bits per heavy atom. The van der Waals surface area contributed by atoms with Crippen molar-refractivity contribution >= 4 is 35.1 Å².